The molecule has 1 aromatic heterocycles. The number of H-pyrrole nitrogens is 1. The first-order valence-electron chi connectivity index (χ1n) is 7.14. The summed E-state index contributed by atoms with van der Waals surface area (Å²) in [5, 5.41) is 2.87. The first kappa shape index (κ1) is 14.1. The number of hydrogen-bond donors (Lipinski definition) is 2. The Morgan fingerprint density at radius 1 is 1.18 bits per heavy atom. The molecule has 22 heavy (non-hydrogen) atoms. The molecule has 0 fully saturated rings. The van der Waals surface area contributed by atoms with Crippen LogP contribution < -0.4 is 5.32 Å². The summed E-state index contributed by atoms with van der Waals surface area (Å²) in [6.45, 7) is 2.44. The van der Waals surface area contributed by atoms with Crippen molar-refractivity contribution in [3.05, 3.63) is 59.9 Å². The van der Waals surface area contributed by atoms with Crippen LogP contribution in [0.15, 0.2) is 48.5 Å². The predicted molar refractivity (Wildman–Crippen MR) is 87.8 cm³/mol. The highest BCUT2D eigenvalue weighted by Crippen LogP contribution is 2.13. The molecule has 2 aromatic carbocycles. The van der Waals surface area contributed by atoms with Crippen LogP contribution in [-0.2, 0) is 6.54 Å². The largest absolute Gasteiger partial charge is 0.340 e. The Bertz CT molecular complexity index is 759. The maximum Gasteiger partial charge on any atom is 0.321 e. The average molecular weight is 294 g/mol. The van der Waals surface area contributed by atoms with E-state index in [0.717, 1.165) is 28.1 Å². The van der Waals surface area contributed by atoms with E-state index in [9.17, 15) is 4.79 Å². The molecule has 2 amide bonds. The van der Waals surface area contributed by atoms with E-state index in [-0.39, 0.29) is 6.03 Å². The number of para-hydroxylation sites is 2. The van der Waals surface area contributed by atoms with Gasteiger partial charge in [0, 0.05) is 12.7 Å². The number of amides is 2. The van der Waals surface area contributed by atoms with Gasteiger partial charge < -0.3 is 15.2 Å². The van der Waals surface area contributed by atoms with Crippen LogP contribution in [0.5, 0.6) is 0 Å². The smallest absolute Gasteiger partial charge is 0.321 e. The number of carbonyl (C=O) groups excluding carboxylic acids is 1. The van der Waals surface area contributed by atoms with E-state index in [1.54, 1.807) is 11.9 Å². The van der Waals surface area contributed by atoms with Gasteiger partial charge in [0.2, 0.25) is 0 Å². The molecule has 0 saturated heterocycles. The highest BCUT2D eigenvalue weighted by atomic mass is 16.2. The van der Waals surface area contributed by atoms with Gasteiger partial charge in [0.15, 0.2) is 0 Å². The number of anilines is 1. The Hall–Kier alpha value is -2.82. The fourth-order valence-electron chi connectivity index (χ4n) is 2.23. The van der Waals surface area contributed by atoms with Gasteiger partial charge in [-0.25, -0.2) is 9.78 Å². The zero-order chi connectivity index (χ0) is 15.5. The third-order valence-corrected chi connectivity index (χ3v) is 3.47. The lowest BCUT2D eigenvalue weighted by atomic mass is 10.2. The summed E-state index contributed by atoms with van der Waals surface area (Å²) in [6, 6.07) is 15.4. The molecule has 0 unspecified atom stereocenters. The van der Waals surface area contributed by atoms with Crippen LogP contribution in [0.1, 0.15) is 11.4 Å². The Morgan fingerprint density at radius 3 is 2.64 bits per heavy atom. The summed E-state index contributed by atoms with van der Waals surface area (Å²) in [4.78, 5) is 21.5. The normalized spacial score (nSPS) is 10.6. The molecule has 112 valence electrons. The van der Waals surface area contributed by atoms with E-state index in [1.165, 1.54) is 0 Å². The van der Waals surface area contributed by atoms with Gasteiger partial charge in [-0.15, -0.1) is 0 Å². The number of nitrogens with zero attached hydrogens (tertiary/aromatic N) is 2. The van der Waals surface area contributed by atoms with Crippen molar-refractivity contribution >= 4 is 22.8 Å². The molecule has 0 bridgehead atoms. The molecule has 5 nitrogen and oxygen atoms in total. The van der Waals surface area contributed by atoms with Gasteiger partial charge in [-0.2, -0.15) is 0 Å². The number of aromatic nitrogens is 2. The second-order valence-corrected chi connectivity index (χ2v) is 5.35. The number of hydrogen-bond acceptors (Lipinski definition) is 2. The maximum absolute atomic E-state index is 12.2. The molecule has 5 heteroatoms. The number of nitrogens with one attached hydrogen (secondary N) is 2. The minimum Gasteiger partial charge on any atom is -0.340 e. The summed E-state index contributed by atoms with van der Waals surface area (Å²) < 4.78 is 0. The molecule has 1 heterocycles. The van der Waals surface area contributed by atoms with Crippen molar-refractivity contribution in [3.8, 4) is 0 Å². The minimum absolute atomic E-state index is 0.163. The fourth-order valence-corrected chi connectivity index (χ4v) is 2.23. The van der Waals surface area contributed by atoms with E-state index < -0.39 is 0 Å². The zero-order valence-corrected chi connectivity index (χ0v) is 12.6. The number of fused-ring (bicyclic) bond motifs is 1. The SMILES string of the molecule is Cc1ccc(NC(=O)N(C)Cc2nc3ccccc3[nH]2)cc1. The van der Waals surface area contributed by atoms with Gasteiger partial charge in [0.1, 0.15) is 5.82 Å². The molecule has 2 N–H and O–H groups in total. The summed E-state index contributed by atoms with van der Waals surface area (Å²) in [5.74, 6) is 0.766. The van der Waals surface area contributed by atoms with Gasteiger partial charge in [-0.1, -0.05) is 29.8 Å². The van der Waals surface area contributed by atoms with Gasteiger partial charge in [-0.05, 0) is 31.2 Å². The number of benzene rings is 2. The zero-order valence-electron chi connectivity index (χ0n) is 12.6. The Labute approximate surface area is 129 Å². The number of aryl methyl sites for hydroxylation is 1. The molecular weight excluding hydrogens is 276 g/mol. The number of urea groups is 1. The van der Waals surface area contributed by atoms with E-state index in [1.807, 2.05) is 55.5 Å². The van der Waals surface area contributed by atoms with Crippen LogP contribution in [0.3, 0.4) is 0 Å². The molecule has 0 saturated carbocycles. The van der Waals surface area contributed by atoms with Crippen molar-refractivity contribution in [3.63, 3.8) is 0 Å². The van der Waals surface area contributed by atoms with Crippen LogP contribution in [-0.4, -0.2) is 27.9 Å². The van der Waals surface area contributed by atoms with Crippen molar-refractivity contribution in [2.75, 3.05) is 12.4 Å². The molecular formula is C17H18N4O. The Morgan fingerprint density at radius 2 is 1.91 bits per heavy atom. The summed E-state index contributed by atoms with van der Waals surface area (Å²) >= 11 is 0. The third-order valence-electron chi connectivity index (χ3n) is 3.47. The summed E-state index contributed by atoms with van der Waals surface area (Å²) in [7, 11) is 1.75. The van der Waals surface area contributed by atoms with Crippen LogP contribution in [0.2, 0.25) is 0 Å². The number of imidazole rings is 1. The fraction of sp³-hybridized carbons (Fsp3) is 0.176. The number of carbonyl (C=O) groups is 1. The maximum atomic E-state index is 12.2. The van der Waals surface area contributed by atoms with E-state index in [0.29, 0.717) is 6.54 Å². The van der Waals surface area contributed by atoms with Crippen LogP contribution >= 0.6 is 0 Å². The van der Waals surface area contributed by atoms with Crippen molar-refractivity contribution in [1.82, 2.24) is 14.9 Å². The van der Waals surface area contributed by atoms with Crippen molar-refractivity contribution < 1.29 is 4.79 Å². The standard InChI is InChI=1S/C17H18N4O/c1-12-7-9-13(10-8-12)18-17(22)21(2)11-16-19-14-5-3-4-6-15(14)20-16/h3-10H,11H2,1-2H3,(H,18,22)(H,19,20). The molecule has 0 radical (unpaired) electrons. The highest BCUT2D eigenvalue weighted by Gasteiger charge is 2.11. The topological polar surface area (TPSA) is 61.0 Å². The number of aromatic amines is 1. The van der Waals surface area contributed by atoms with Crippen molar-refractivity contribution in [2.24, 2.45) is 0 Å². The quantitative estimate of drug-likeness (QED) is 0.776. The van der Waals surface area contributed by atoms with Crippen molar-refractivity contribution in [1.29, 1.82) is 0 Å². The second kappa shape index (κ2) is 5.89. The first-order chi connectivity index (χ1) is 10.6. The summed E-state index contributed by atoms with van der Waals surface area (Å²) in [5.41, 5.74) is 3.83. The number of rotatable bonds is 3. The van der Waals surface area contributed by atoms with Gasteiger partial charge in [0.05, 0.1) is 17.6 Å². The third kappa shape index (κ3) is 3.09. The Balaban J connectivity index is 1.66. The van der Waals surface area contributed by atoms with Gasteiger partial charge in [-0.3, -0.25) is 0 Å². The summed E-state index contributed by atoms with van der Waals surface area (Å²) in [6.07, 6.45) is 0. The molecule has 3 aromatic rings. The lowest BCUT2D eigenvalue weighted by Gasteiger charge is -2.16. The van der Waals surface area contributed by atoms with E-state index in [2.05, 4.69) is 15.3 Å². The van der Waals surface area contributed by atoms with Gasteiger partial charge >= 0.3 is 6.03 Å². The Kier molecular flexibility index (Phi) is 3.78. The highest BCUT2D eigenvalue weighted by molar-refractivity contribution is 5.89. The van der Waals surface area contributed by atoms with Crippen LogP contribution in [0.4, 0.5) is 10.5 Å². The molecule has 0 aliphatic heterocycles. The van der Waals surface area contributed by atoms with Crippen LogP contribution in [0, 0.1) is 6.92 Å². The lowest BCUT2D eigenvalue weighted by Crippen LogP contribution is -2.31. The molecule has 3 rings (SSSR count). The monoisotopic (exact) mass is 294 g/mol. The molecule has 0 spiro atoms. The molecule has 0 atom stereocenters. The van der Waals surface area contributed by atoms with Gasteiger partial charge in [0.25, 0.3) is 0 Å². The average Bonchev–Trinajstić information content (AvgIpc) is 2.91. The lowest BCUT2D eigenvalue weighted by molar-refractivity contribution is 0.219. The predicted octanol–water partition coefficient (Wildman–Crippen LogP) is 3.54. The second-order valence-electron chi connectivity index (χ2n) is 5.35. The molecule has 0 aliphatic rings. The minimum atomic E-state index is -0.163. The molecule has 0 aliphatic carbocycles. The van der Waals surface area contributed by atoms with Crippen molar-refractivity contribution in [2.45, 2.75) is 13.5 Å². The van der Waals surface area contributed by atoms with Crippen LogP contribution in [0.25, 0.3) is 11.0 Å². The van der Waals surface area contributed by atoms with E-state index >= 15 is 0 Å². The first-order valence-corrected chi connectivity index (χ1v) is 7.14. The van der Waals surface area contributed by atoms with E-state index in [4.69, 9.17) is 0 Å².